The molecule has 1 aromatic heterocycles. The fourth-order valence-corrected chi connectivity index (χ4v) is 3.60. The molecule has 0 fully saturated rings. The van der Waals surface area contributed by atoms with E-state index in [0.717, 1.165) is 4.34 Å². The molecule has 0 unspecified atom stereocenters. The van der Waals surface area contributed by atoms with Crippen LogP contribution in [0, 0.1) is 17.0 Å². The van der Waals surface area contributed by atoms with E-state index in [2.05, 4.69) is 15.5 Å². The molecule has 1 N–H and O–H groups in total. The van der Waals surface area contributed by atoms with Crippen LogP contribution in [0.4, 0.5) is 10.8 Å². The number of benzene rings is 1. The molecule has 0 spiro atoms. The highest BCUT2D eigenvalue weighted by molar-refractivity contribution is 8.01. The second-order valence-electron chi connectivity index (χ2n) is 4.75. The number of hydrogen-bond donors (Lipinski definition) is 1. The van der Waals surface area contributed by atoms with Crippen molar-refractivity contribution in [3.05, 3.63) is 39.4 Å². The van der Waals surface area contributed by atoms with Gasteiger partial charge in [-0.05, 0) is 13.0 Å². The quantitative estimate of drug-likeness (QED) is 0.388. The number of rotatable bonds is 5. The van der Waals surface area contributed by atoms with Crippen molar-refractivity contribution in [3.8, 4) is 0 Å². The van der Waals surface area contributed by atoms with E-state index in [1.54, 1.807) is 30.8 Å². The average Bonchev–Trinajstić information content (AvgIpc) is 2.85. The van der Waals surface area contributed by atoms with Crippen LogP contribution in [-0.4, -0.2) is 26.3 Å². The molecular weight excluding hydrogens is 324 g/mol. The zero-order chi connectivity index (χ0) is 16.3. The van der Waals surface area contributed by atoms with Crippen molar-refractivity contribution >= 4 is 39.8 Å². The Morgan fingerprint density at radius 2 is 2.14 bits per heavy atom. The number of hydrogen-bond acceptors (Lipinski definition) is 7. The van der Waals surface area contributed by atoms with Gasteiger partial charge in [0.25, 0.3) is 11.6 Å². The van der Waals surface area contributed by atoms with Gasteiger partial charge in [-0.15, -0.1) is 10.2 Å². The van der Waals surface area contributed by atoms with Gasteiger partial charge >= 0.3 is 0 Å². The maximum Gasteiger partial charge on any atom is 0.273 e. The number of amides is 1. The van der Waals surface area contributed by atoms with Crippen molar-refractivity contribution in [2.24, 2.45) is 0 Å². The fraction of sp³-hybridized carbons (Fsp3) is 0.308. The van der Waals surface area contributed by atoms with E-state index in [9.17, 15) is 14.9 Å². The van der Waals surface area contributed by atoms with Crippen LogP contribution in [0.25, 0.3) is 0 Å². The third-order valence-electron chi connectivity index (χ3n) is 2.63. The summed E-state index contributed by atoms with van der Waals surface area (Å²) in [6, 6.07) is 4.35. The fourth-order valence-electron chi connectivity index (χ4n) is 1.63. The summed E-state index contributed by atoms with van der Waals surface area (Å²) in [6.45, 7) is 5.70. The standard InChI is InChI=1S/C13H14N4O3S2/c1-7(2)21-13-16-15-12(22-13)14-11(18)9-5-4-8(3)10(6-9)17(19)20/h4-7H,1-3H3,(H,14,15,18). The van der Waals surface area contributed by atoms with E-state index in [1.165, 1.54) is 17.4 Å². The molecule has 0 aliphatic carbocycles. The lowest BCUT2D eigenvalue weighted by Crippen LogP contribution is -2.12. The van der Waals surface area contributed by atoms with Gasteiger partial charge < -0.3 is 0 Å². The zero-order valence-electron chi connectivity index (χ0n) is 12.2. The summed E-state index contributed by atoms with van der Waals surface area (Å²) < 4.78 is 0.764. The molecule has 1 amide bonds. The number of aromatic nitrogens is 2. The molecule has 2 rings (SSSR count). The van der Waals surface area contributed by atoms with Gasteiger partial charge in [-0.25, -0.2) is 0 Å². The lowest BCUT2D eigenvalue weighted by atomic mass is 10.1. The van der Waals surface area contributed by atoms with Gasteiger partial charge in [-0.1, -0.05) is 43.0 Å². The van der Waals surface area contributed by atoms with Crippen LogP contribution in [0.2, 0.25) is 0 Å². The third-order valence-corrected chi connectivity index (χ3v) is 4.56. The Kier molecular flexibility index (Phi) is 5.09. The topological polar surface area (TPSA) is 98.0 Å². The van der Waals surface area contributed by atoms with Crippen molar-refractivity contribution in [2.45, 2.75) is 30.4 Å². The minimum atomic E-state index is -0.506. The highest BCUT2D eigenvalue weighted by Gasteiger charge is 2.16. The number of thioether (sulfide) groups is 1. The van der Waals surface area contributed by atoms with Crippen molar-refractivity contribution in [1.82, 2.24) is 10.2 Å². The summed E-state index contributed by atoms with van der Waals surface area (Å²) in [6.07, 6.45) is 0. The van der Waals surface area contributed by atoms with Crippen molar-refractivity contribution in [1.29, 1.82) is 0 Å². The summed E-state index contributed by atoms with van der Waals surface area (Å²) in [5.74, 6) is -0.444. The van der Waals surface area contributed by atoms with Crippen LogP contribution in [0.1, 0.15) is 29.8 Å². The number of carbonyl (C=O) groups is 1. The van der Waals surface area contributed by atoms with Gasteiger partial charge in [0.2, 0.25) is 5.13 Å². The van der Waals surface area contributed by atoms with Gasteiger partial charge in [0.15, 0.2) is 4.34 Å². The number of nitro benzene ring substituents is 1. The van der Waals surface area contributed by atoms with Crippen LogP contribution >= 0.6 is 23.1 Å². The Labute approximate surface area is 135 Å². The smallest absolute Gasteiger partial charge is 0.273 e. The summed E-state index contributed by atoms with van der Waals surface area (Å²) in [4.78, 5) is 22.5. The summed E-state index contributed by atoms with van der Waals surface area (Å²) >= 11 is 2.83. The second-order valence-corrected chi connectivity index (χ2v) is 7.55. The predicted octanol–water partition coefficient (Wildman–Crippen LogP) is 3.51. The largest absolute Gasteiger partial charge is 0.296 e. The average molecular weight is 338 g/mol. The number of carbonyl (C=O) groups excluding carboxylic acids is 1. The Balaban J connectivity index is 2.14. The van der Waals surface area contributed by atoms with Crippen LogP contribution in [0.5, 0.6) is 0 Å². The first-order valence-electron chi connectivity index (χ1n) is 6.43. The minimum absolute atomic E-state index is 0.0824. The molecule has 0 saturated heterocycles. The van der Waals surface area contributed by atoms with Crippen molar-refractivity contribution < 1.29 is 9.72 Å². The Hall–Kier alpha value is -2.00. The Morgan fingerprint density at radius 3 is 2.77 bits per heavy atom. The molecule has 0 aliphatic rings. The Bertz CT molecular complexity index is 715. The number of anilines is 1. The molecule has 1 heterocycles. The molecule has 9 heteroatoms. The maximum absolute atomic E-state index is 12.1. The molecule has 2 aromatic rings. The predicted molar refractivity (Wildman–Crippen MR) is 86.7 cm³/mol. The molecule has 0 aliphatic heterocycles. The van der Waals surface area contributed by atoms with E-state index >= 15 is 0 Å². The van der Waals surface area contributed by atoms with Gasteiger partial charge in [0.1, 0.15) is 0 Å². The summed E-state index contributed by atoms with van der Waals surface area (Å²) in [5.41, 5.74) is 0.639. The van der Waals surface area contributed by atoms with Gasteiger partial charge in [-0.2, -0.15) is 0 Å². The van der Waals surface area contributed by atoms with Crippen LogP contribution in [0.15, 0.2) is 22.5 Å². The third kappa shape index (κ3) is 4.01. The van der Waals surface area contributed by atoms with Gasteiger partial charge in [-0.3, -0.25) is 20.2 Å². The van der Waals surface area contributed by atoms with Crippen LogP contribution in [0.3, 0.4) is 0 Å². The monoisotopic (exact) mass is 338 g/mol. The first kappa shape index (κ1) is 16.4. The highest BCUT2D eigenvalue weighted by Crippen LogP contribution is 2.29. The van der Waals surface area contributed by atoms with Gasteiger partial charge in [0.05, 0.1) is 4.92 Å². The maximum atomic E-state index is 12.1. The molecule has 116 valence electrons. The molecule has 7 nitrogen and oxygen atoms in total. The zero-order valence-corrected chi connectivity index (χ0v) is 13.8. The first-order chi connectivity index (χ1) is 10.4. The van der Waals surface area contributed by atoms with E-state index in [4.69, 9.17) is 0 Å². The molecule has 0 radical (unpaired) electrons. The van der Waals surface area contributed by atoms with E-state index < -0.39 is 10.8 Å². The molecule has 22 heavy (non-hydrogen) atoms. The molecule has 0 bridgehead atoms. The minimum Gasteiger partial charge on any atom is -0.296 e. The summed E-state index contributed by atoms with van der Waals surface area (Å²) in [7, 11) is 0. The van der Waals surface area contributed by atoms with Crippen molar-refractivity contribution in [3.63, 3.8) is 0 Å². The normalized spacial score (nSPS) is 10.7. The van der Waals surface area contributed by atoms with E-state index in [0.29, 0.717) is 15.9 Å². The molecule has 1 aromatic carbocycles. The summed E-state index contributed by atoms with van der Waals surface area (Å²) in [5, 5.41) is 22.1. The lowest BCUT2D eigenvalue weighted by Gasteiger charge is -2.03. The number of nitro groups is 1. The Morgan fingerprint density at radius 1 is 1.41 bits per heavy atom. The molecular formula is C13H14N4O3S2. The highest BCUT2D eigenvalue weighted by atomic mass is 32.2. The second kappa shape index (κ2) is 6.84. The van der Waals surface area contributed by atoms with Crippen LogP contribution in [-0.2, 0) is 0 Å². The molecule has 0 atom stereocenters. The molecule has 0 saturated carbocycles. The number of nitrogens with one attached hydrogen (secondary N) is 1. The number of nitrogens with zero attached hydrogens (tertiary/aromatic N) is 3. The van der Waals surface area contributed by atoms with Crippen molar-refractivity contribution in [2.75, 3.05) is 5.32 Å². The van der Waals surface area contributed by atoms with Crippen LogP contribution < -0.4 is 5.32 Å². The SMILES string of the molecule is Cc1ccc(C(=O)Nc2nnc(SC(C)C)s2)cc1[N+](=O)[O-]. The number of aryl methyl sites for hydroxylation is 1. The van der Waals surface area contributed by atoms with E-state index in [1.807, 2.05) is 13.8 Å². The van der Waals surface area contributed by atoms with E-state index in [-0.39, 0.29) is 11.3 Å². The lowest BCUT2D eigenvalue weighted by molar-refractivity contribution is -0.385. The first-order valence-corrected chi connectivity index (χ1v) is 8.13. The van der Waals surface area contributed by atoms with Gasteiger partial charge in [0, 0.05) is 22.4 Å².